The summed E-state index contributed by atoms with van der Waals surface area (Å²) in [6.07, 6.45) is 2.53. The first-order chi connectivity index (χ1) is 16.9. The number of halogens is 2. The molecule has 2 aromatic carbocycles. The first-order valence-corrected chi connectivity index (χ1v) is 10.3. The maximum atomic E-state index is 14.8. The monoisotopic (exact) mass is 478 g/mol. The normalized spacial score (nSPS) is 10.6. The van der Waals surface area contributed by atoms with E-state index >= 15 is 0 Å². The maximum absolute atomic E-state index is 14.8. The van der Waals surface area contributed by atoms with E-state index in [-0.39, 0.29) is 17.4 Å². The fraction of sp³-hybridized carbons (Fsp3) is 0.0800. The second-order valence-electron chi connectivity index (χ2n) is 7.24. The fourth-order valence-electron chi connectivity index (χ4n) is 3.48. The Morgan fingerprint density at radius 3 is 2.29 bits per heavy atom. The van der Waals surface area contributed by atoms with Gasteiger partial charge >= 0.3 is 0 Å². The molecular formula is C25H20F2N4O4. The summed E-state index contributed by atoms with van der Waals surface area (Å²) >= 11 is 0. The second-order valence-corrected chi connectivity index (χ2v) is 7.24. The van der Waals surface area contributed by atoms with E-state index in [0.29, 0.717) is 28.2 Å². The molecule has 4 aromatic rings. The summed E-state index contributed by atoms with van der Waals surface area (Å²) in [5, 5.41) is 5.80. The summed E-state index contributed by atoms with van der Waals surface area (Å²) in [5.41, 5.74) is 1.01. The molecule has 0 spiro atoms. The fourth-order valence-corrected chi connectivity index (χ4v) is 3.48. The number of hydrogen-bond donors (Lipinski definition) is 2. The van der Waals surface area contributed by atoms with Gasteiger partial charge in [0.2, 0.25) is 5.91 Å². The first-order valence-electron chi connectivity index (χ1n) is 10.3. The van der Waals surface area contributed by atoms with Crippen LogP contribution in [0, 0.1) is 11.6 Å². The smallest absolute Gasteiger partial charge is 0.268 e. The number of anilines is 3. The zero-order valence-corrected chi connectivity index (χ0v) is 18.8. The molecule has 8 nitrogen and oxygen atoms in total. The highest BCUT2D eigenvalue weighted by Gasteiger charge is 2.27. The number of carbonyl (C=O) groups excluding carboxylic acids is 2. The number of carbonyl (C=O) groups is 2. The van der Waals surface area contributed by atoms with Gasteiger partial charge in [-0.25, -0.2) is 13.8 Å². The third kappa shape index (κ3) is 4.41. The molecule has 35 heavy (non-hydrogen) atoms. The van der Waals surface area contributed by atoms with Crippen LogP contribution in [0.5, 0.6) is 11.5 Å². The molecule has 0 atom stereocenters. The predicted molar refractivity (Wildman–Crippen MR) is 127 cm³/mol. The van der Waals surface area contributed by atoms with E-state index < -0.39 is 23.1 Å². The summed E-state index contributed by atoms with van der Waals surface area (Å²) in [6, 6.07) is 12.8. The van der Waals surface area contributed by atoms with Crippen LogP contribution in [-0.4, -0.2) is 35.6 Å². The van der Waals surface area contributed by atoms with Gasteiger partial charge in [-0.1, -0.05) is 18.7 Å². The molecule has 4 rings (SSSR count). The predicted octanol–water partition coefficient (Wildman–Crippen LogP) is 4.89. The van der Waals surface area contributed by atoms with Crippen LogP contribution < -0.4 is 20.1 Å². The Hall–Kier alpha value is -4.73. The average molecular weight is 478 g/mol. The molecule has 0 bridgehead atoms. The molecule has 2 N–H and O–H groups in total. The Bertz CT molecular complexity index is 1440. The summed E-state index contributed by atoms with van der Waals surface area (Å²) < 4.78 is 40.6. The number of pyridine rings is 1. The van der Waals surface area contributed by atoms with Crippen molar-refractivity contribution in [1.82, 2.24) is 9.55 Å². The Labute approximate surface area is 198 Å². The maximum Gasteiger partial charge on any atom is 0.268 e. The van der Waals surface area contributed by atoms with Crippen molar-refractivity contribution in [3.05, 3.63) is 84.6 Å². The van der Waals surface area contributed by atoms with Crippen molar-refractivity contribution < 1.29 is 27.8 Å². The number of methoxy groups -OCH3 is 2. The SMILES string of the molecule is C=CC(=O)Nc1ccccc1Nc1ccc2c(ccn2C(=O)c2c(F)c(OC)cc(OC)c2F)n1. The molecule has 2 aromatic heterocycles. The lowest BCUT2D eigenvalue weighted by atomic mass is 10.1. The van der Waals surface area contributed by atoms with E-state index in [1.807, 2.05) is 0 Å². The molecule has 178 valence electrons. The van der Waals surface area contributed by atoms with E-state index in [1.165, 1.54) is 26.5 Å². The van der Waals surface area contributed by atoms with Crippen molar-refractivity contribution in [2.24, 2.45) is 0 Å². The number of rotatable bonds is 7. The highest BCUT2D eigenvalue weighted by Crippen LogP contribution is 2.33. The van der Waals surface area contributed by atoms with Crippen molar-refractivity contribution in [1.29, 1.82) is 0 Å². The van der Waals surface area contributed by atoms with Gasteiger partial charge < -0.3 is 20.1 Å². The topological polar surface area (TPSA) is 94.5 Å². The first kappa shape index (κ1) is 23.4. The minimum atomic E-state index is -1.14. The third-order valence-corrected chi connectivity index (χ3v) is 5.18. The van der Waals surface area contributed by atoms with E-state index in [1.54, 1.807) is 36.4 Å². The summed E-state index contributed by atoms with van der Waals surface area (Å²) in [4.78, 5) is 29.3. The van der Waals surface area contributed by atoms with Crippen molar-refractivity contribution in [3.8, 4) is 11.5 Å². The van der Waals surface area contributed by atoms with Crippen LogP contribution in [0.25, 0.3) is 11.0 Å². The molecule has 0 aliphatic heterocycles. The third-order valence-electron chi connectivity index (χ3n) is 5.18. The summed E-state index contributed by atoms with van der Waals surface area (Å²) in [7, 11) is 2.41. The van der Waals surface area contributed by atoms with E-state index in [9.17, 15) is 18.4 Å². The quantitative estimate of drug-likeness (QED) is 0.368. The van der Waals surface area contributed by atoms with Crippen LogP contribution in [0.3, 0.4) is 0 Å². The Morgan fingerprint density at radius 2 is 1.66 bits per heavy atom. The van der Waals surface area contributed by atoms with Gasteiger partial charge in [0.15, 0.2) is 23.1 Å². The Kier molecular flexibility index (Phi) is 6.45. The summed E-state index contributed by atoms with van der Waals surface area (Å²) in [6.45, 7) is 3.44. The highest BCUT2D eigenvalue weighted by molar-refractivity contribution is 6.03. The molecule has 2 heterocycles. The van der Waals surface area contributed by atoms with Crippen LogP contribution in [-0.2, 0) is 4.79 Å². The molecule has 0 saturated carbocycles. The average Bonchev–Trinajstić information content (AvgIpc) is 3.28. The highest BCUT2D eigenvalue weighted by atomic mass is 19.1. The van der Waals surface area contributed by atoms with Crippen molar-refractivity contribution in [3.63, 3.8) is 0 Å². The van der Waals surface area contributed by atoms with E-state index in [0.717, 1.165) is 16.7 Å². The largest absolute Gasteiger partial charge is 0.494 e. The number of ether oxygens (including phenoxy) is 2. The van der Waals surface area contributed by atoms with Crippen molar-refractivity contribution >= 4 is 40.0 Å². The number of hydrogen-bond acceptors (Lipinski definition) is 6. The molecule has 10 heteroatoms. The molecule has 0 aliphatic carbocycles. The molecule has 0 saturated heterocycles. The molecule has 0 aliphatic rings. The summed E-state index contributed by atoms with van der Waals surface area (Å²) in [5.74, 6) is -3.82. The van der Waals surface area contributed by atoms with Gasteiger partial charge in [0.05, 0.1) is 36.6 Å². The van der Waals surface area contributed by atoms with Crippen LogP contribution >= 0.6 is 0 Å². The van der Waals surface area contributed by atoms with Crippen molar-refractivity contribution in [2.75, 3.05) is 24.9 Å². The van der Waals surface area contributed by atoms with E-state index in [4.69, 9.17) is 9.47 Å². The molecule has 0 fully saturated rings. The lowest BCUT2D eigenvalue weighted by molar-refractivity contribution is -0.111. The molecule has 0 unspecified atom stereocenters. The Balaban J connectivity index is 1.69. The van der Waals surface area contributed by atoms with Gasteiger partial charge in [-0.05, 0) is 36.4 Å². The molecule has 0 radical (unpaired) electrons. The second kappa shape index (κ2) is 9.64. The standard InChI is InChI=1S/C25H20F2N4O4/c1-4-21(32)30-15-8-6-5-7-14(15)28-20-10-9-17-16(29-20)11-12-31(17)25(33)22-23(26)18(34-2)13-19(35-3)24(22)27/h4-13H,1H2,2-3H3,(H,28,29)(H,30,32). The van der Waals surface area contributed by atoms with Crippen LogP contribution in [0.4, 0.5) is 26.0 Å². The zero-order chi connectivity index (χ0) is 25.1. The number of fused-ring (bicyclic) bond motifs is 1. The zero-order valence-electron chi connectivity index (χ0n) is 18.8. The number of nitrogens with one attached hydrogen (secondary N) is 2. The minimum absolute atomic E-state index is 0.324. The number of amides is 1. The van der Waals surface area contributed by atoms with Crippen LogP contribution in [0.1, 0.15) is 10.4 Å². The van der Waals surface area contributed by atoms with Gasteiger partial charge in [-0.15, -0.1) is 0 Å². The lowest BCUT2D eigenvalue weighted by Crippen LogP contribution is -2.16. The molecule has 1 amide bonds. The van der Waals surface area contributed by atoms with E-state index in [2.05, 4.69) is 22.2 Å². The van der Waals surface area contributed by atoms with Crippen LogP contribution in [0.2, 0.25) is 0 Å². The van der Waals surface area contributed by atoms with Crippen molar-refractivity contribution in [2.45, 2.75) is 0 Å². The number of benzene rings is 2. The number of aromatic nitrogens is 2. The van der Waals surface area contributed by atoms with Gasteiger partial charge in [0, 0.05) is 12.3 Å². The van der Waals surface area contributed by atoms with Gasteiger partial charge in [-0.2, -0.15) is 0 Å². The van der Waals surface area contributed by atoms with Crippen LogP contribution in [0.15, 0.2) is 67.4 Å². The number of para-hydroxylation sites is 2. The van der Waals surface area contributed by atoms with Gasteiger partial charge in [-0.3, -0.25) is 14.2 Å². The van der Waals surface area contributed by atoms with Gasteiger partial charge in [0.25, 0.3) is 5.91 Å². The molecular weight excluding hydrogens is 458 g/mol. The number of nitrogens with zero attached hydrogens (tertiary/aromatic N) is 2. The minimum Gasteiger partial charge on any atom is -0.494 e. The lowest BCUT2D eigenvalue weighted by Gasteiger charge is -2.13. The Morgan fingerprint density at radius 1 is 1.00 bits per heavy atom. The van der Waals surface area contributed by atoms with Gasteiger partial charge in [0.1, 0.15) is 11.4 Å².